The second-order valence-electron chi connectivity index (χ2n) is 6.09. The third kappa shape index (κ3) is 2.51. The Kier molecular flexibility index (Phi) is 3.73. The van der Waals surface area contributed by atoms with Gasteiger partial charge in [-0.05, 0) is 68.8 Å². The van der Waals surface area contributed by atoms with Crippen LogP contribution in [0.3, 0.4) is 0 Å². The number of hydrogen-bond acceptors (Lipinski definition) is 1. The minimum absolute atomic E-state index is 0.425. The zero-order valence-corrected chi connectivity index (χ0v) is 10.8. The maximum Gasteiger partial charge on any atom is 0.0857 e. The molecule has 2 aliphatic carbocycles. The van der Waals surface area contributed by atoms with Crippen molar-refractivity contribution in [1.82, 2.24) is 0 Å². The van der Waals surface area contributed by atoms with Crippen molar-refractivity contribution in [3.05, 3.63) is 11.6 Å². The molecule has 1 N–H and O–H groups in total. The van der Waals surface area contributed by atoms with Gasteiger partial charge in [0, 0.05) is 0 Å². The minimum Gasteiger partial charge on any atom is -0.386 e. The molecule has 1 heteroatoms. The largest absolute Gasteiger partial charge is 0.386 e. The van der Waals surface area contributed by atoms with E-state index >= 15 is 0 Å². The lowest BCUT2D eigenvalue weighted by Crippen LogP contribution is -2.37. The third-order valence-electron chi connectivity index (χ3n) is 4.69. The second kappa shape index (κ2) is 4.91. The zero-order valence-electron chi connectivity index (χ0n) is 10.8. The van der Waals surface area contributed by atoms with Crippen LogP contribution in [-0.2, 0) is 0 Å². The van der Waals surface area contributed by atoms with Gasteiger partial charge in [0.2, 0.25) is 0 Å². The van der Waals surface area contributed by atoms with E-state index in [2.05, 4.69) is 19.9 Å². The van der Waals surface area contributed by atoms with Crippen molar-refractivity contribution in [3.8, 4) is 0 Å². The van der Waals surface area contributed by atoms with Gasteiger partial charge in [0.15, 0.2) is 0 Å². The van der Waals surface area contributed by atoms with E-state index < -0.39 is 5.60 Å². The van der Waals surface area contributed by atoms with Gasteiger partial charge in [0.05, 0.1) is 5.60 Å². The first-order valence-electron chi connectivity index (χ1n) is 7.04. The van der Waals surface area contributed by atoms with Crippen LogP contribution < -0.4 is 0 Å². The summed E-state index contributed by atoms with van der Waals surface area (Å²) in [5.74, 6) is 1.62. The molecule has 0 saturated heterocycles. The van der Waals surface area contributed by atoms with Gasteiger partial charge in [-0.2, -0.15) is 0 Å². The van der Waals surface area contributed by atoms with E-state index in [4.69, 9.17) is 0 Å². The highest BCUT2D eigenvalue weighted by atomic mass is 16.3. The molecule has 1 saturated carbocycles. The van der Waals surface area contributed by atoms with Crippen molar-refractivity contribution >= 4 is 0 Å². The predicted octanol–water partition coefficient (Wildman–Crippen LogP) is 4.06. The van der Waals surface area contributed by atoms with Crippen molar-refractivity contribution in [1.29, 1.82) is 0 Å². The Morgan fingerprint density at radius 2 is 1.94 bits per heavy atom. The van der Waals surface area contributed by atoms with Gasteiger partial charge in [-0.1, -0.05) is 19.9 Å². The summed E-state index contributed by atoms with van der Waals surface area (Å²) in [5.41, 5.74) is 0.937. The summed E-state index contributed by atoms with van der Waals surface area (Å²) in [6, 6.07) is 0. The standard InChI is InChI=1S/C15H26O/c1-12(2)13-8-10-15(16,11-9-13)14-6-4-3-5-7-14/h6,12-13,16H,3-5,7-11H2,1-2H3. The molecule has 0 radical (unpaired) electrons. The van der Waals surface area contributed by atoms with E-state index in [-0.39, 0.29) is 0 Å². The molecular weight excluding hydrogens is 196 g/mol. The molecule has 1 fully saturated rings. The quantitative estimate of drug-likeness (QED) is 0.698. The van der Waals surface area contributed by atoms with Crippen LogP contribution in [0.25, 0.3) is 0 Å². The molecule has 1 nitrogen and oxygen atoms in total. The number of aliphatic hydroxyl groups is 1. The van der Waals surface area contributed by atoms with Gasteiger partial charge in [-0.3, -0.25) is 0 Å². The predicted molar refractivity (Wildman–Crippen MR) is 68.3 cm³/mol. The Morgan fingerprint density at radius 3 is 2.44 bits per heavy atom. The monoisotopic (exact) mass is 222 g/mol. The van der Waals surface area contributed by atoms with Gasteiger partial charge in [-0.15, -0.1) is 0 Å². The Bertz CT molecular complexity index is 257. The van der Waals surface area contributed by atoms with E-state index in [0.717, 1.165) is 31.1 Å². The molecule has 2 rings (SSSR count). The summed E-state index contributed by atoms with van der Waals surface area (Å²) >= 11 is 0. The molecule has 0 atom stereocenters. The maximum atomic E-state index is 10.7. The maximum absolute atomic E-state index is 10.7. The van der Waals surface area contributed by atoms with E-state index in [0.29, 0.717) is 0 Å². The molecular formula is C15H26O. The molecule has 0 amide bonds. The summed E-state index contributed by atoms with van der Waals surface area (Å²) in [6.07, 6.45) is 11.7. The molecule has 0 heterocycles. The fourth-order valence-corrected chi connectivity index (χ4v) is 3.37. The van der Waals surface area contributed by atoms with Crippen LogP contribution in [0.4, 0.5) is 0 Å². The molecule has 0 aliphatic heterocycles. The van der Waals surface area contributed by atoms with Gasteiger partial charge in [0.25, 0.3) is 0 Å². The van der Waals surface area contributed by atoms with Crippen LogP contribution in [0.15, 0.2) is 11.6 Å². The van der Waals surface area contributed by atoms with Crippen molar-refractivity contribution < 1.29 is 5.11 Å². The fourth-order valence-electron chi connectivity index (χ4n) is 3.37. The lowest BCUT2D eigenvalue weighted by Gasteiger charge is -2.40. The van der Waals surface area contributed by atoms with E-state index in [1.165, 1.54) is 37.7 Å². The van der Waals surface area contributed by atoms with Crippen LogP contribution >= 0.6 is 0 Å². The van der Waals surface area contributed by atoms with Gasteiger partial charge in [-0.25, -0.2) is 0 Å². The average molecular weight is 222 g/mol. The summed E-state index contributed by atoms with van der Waals surface area (Å²) in [7, 11) is 0. The van der Waals surface area contributed by atoms with Crippen LogP contribution in [0.5, 0.6) is 0 Å². The topological polar surface area (TPSA) is 20.2 Å². The van der Waals surface area contributed by atoms with Crippen molar-refractivity contribution in [3.63, 3.8) is 0 Å². The molecule has 0 bridgehead atoms. The molecule has 2 aliphatic rings. The highest BCUT2D eigenvalue weighted by molar-refractivity contribution is 5.19. The Hall–Kier alpha value is -0.300. The van der Waals surface area contributed by atoms with Crippen molar-refractivity contribution in [2.24, 2.45) is 11.8 Å². The van der Waals surface area contributed by atoms with Gasteiger partial charge < -0.3 is 5.11 Å². The zero-order chi connectivity index (χ0) is 11.6. The number of rotatable bonds is 2. The summed E-state index contributed by atoms with van der Waals surface area (Å²) in [4.78, 5) is 0. The SMILES string of the molecule is CC(C)C1CCC(O)(C2=CCCCC2)CC1. The highest BCUT2D eigenvalue weighted by Crippen LogP contribution is 2.42. The first-order valence-corrected chi connectivity index (χ1v) is 7.04. The number of allylic oxidation sites excluding steroid dienone is 1. The lowest BCUT2D eigenvalue weighted by atomic mass is 9.70. The third-order valence-corrected chi connectivity index (χ3v) is 4.69. The van der Waals surface area contributed by atoms with Crippen LogP contribution in [0.1, 0.15) is 65.2 Å². The van der Waals surface area contributed by atoms with E-state index in [9.17, 15) is 5.11 Å². The molecule has 0 aromatic rings. The molecule has 0 unspecified atom stereocenters. The molecule has 16 heavy (non-hydrogen) atoms. The normalized spacial score (nSPS) is 36.2. The fraction of sp³-hybridized carbons (Fsp3) is 0.867. The van der Waals surface area contributed by atoms with Gasteiger partial charge in [0.1, 0.15) is 0 Å². The van der Waals surface area contributed by atoms with E-state index in [1.807, 2.05) is 0 Å². The molecule has 0 aromatic heterocycles. The molecule has 0 spiro atoms. The van der Waals surface area contributed by atoms with Crippen molar-refractivity contribution in [2.45, 2.75) is 70.8 Å². The molecule has 92 valence electrons. The summed E-state index contributed by atoms with van der Waals surface area (Å²) < 4.78 is 0. The lowest BCUT2D eigenvalue weighted by molar-refractivity contribution is 0.0131. The first-order chi connectivity index (χ1) is 7.62. The average Bonchev–Trinajstić information content (AvgIpc) is 2.31. The highest BCUT2D eigenvalue weighted by Gasteiger charge is 2.36. The Morgan fingerprint density at radius 1 is 1.25 bits per heavy atom. The van der Waals surface area contributed by atoms with E-state index in [1.54, 1.807) is 0 Å². The van der Waals surface area contributed by atoms with Gasteiger partial charge >= 0.3 is 0 Å². The Balaban J connectivity index is 1.97. The van der Waals surface area contributed by atoms with Crippen molar-refractivity contribution in [2.75, 3.05) is 0 Å². The first kappa shape index (κ1) is 12.2. The van der Waals surface area contributed by atoms with Crippen LogP contribution in [0.2, 0.25) is 0 Å². The smallest absolute Gasteiger partial charge is 0.0857 e. The number of hydrogen-bond donors (Lipinski definition) is 1. The summed E-state index contributed by atoms with van der Waals surface area (Å²) in [5, 5.41) is 10.7. The molecule has 0 aromatic carbocycles. The van der Waals surface area contributed by atoms with Crippen LogP contribution in [0, 0.1) is 11.8 Å². The minimum atomic E-state index is -0.425. The van der Waals surface area contributed by atoms with Crippen LogP contribution in [-0.4, -0.2) is 10.7 Å². The summed E-state index contributed by atoms with van der Waals surface area (Å²) in [6.45, 7) is 4.63. The Labute approximate surface area is 99.9 Å². The second-order valence-corrected chi connectivity index (χ2v) is 6.09.